The van der Waals surface area contributed by atoms with Gasteiger partial charge in [0.25, 0.3) is 0 Å². The van der Waals surface area contributed by atoms with Crippen LogP contribution in [0.5, 0.6) is 0 Å². The minimum atomic E-state index is 0. The maximum absolute atomic E-state index is 5.17. The molecular weight excluding hydrogens is 126 g/mol. The van der Waals surface area contributed by atoms with E-state index in [1.54, 1.807) is 0 Å². The number of hydrogen-bond donors (Lipinski definition) is 1. The summed E-state index contributed by atoms with van der Waals surface area (Å²) in [6.45, 7) is 7.00. The topological polar surface area (TPSA) is 35.2 Å². The summed E-state index contributed by atoms with van der Waals surface area (Å²) in [5.74, 6) is 0.662. The molecule has 0 bridgehead atoms. The van der Waals surface area contributed by atoms with Crippen LogP contribution >= 0.6 is 0 Å². The summed E-state index contributed by atoms with van der Waals surface area (Å²) in [4.78, 5) is 0. The highest BCUT2D eigenvalue weighted by Crippen LogP contribution is 1.98. The van der Waals surface area contributed by atoms with E-state index in [1.165, 1.54) is 12.8 Å². The molecule has 0 aliphatic carbocycles. The molecule has 0 amide bonds. The van der Waals surface area contributed by atoms with Crippen molar-refractivity contribution < 1.29 is 6.16 Å². The molecule has 10 heavy (non-hydrogen) atoms. The Labute approximate surface area is 65.2 Å². The third kappa shape index (κ3) is 7.92. The van der Waals surface area contributed by atoms with Crippen LogP contribution in [0.15, 0.2) is 0 Å². The standard InChI is InChI=1S/C4H11N.C4H8O.H2/c1-4(2)3-5;1-2-4-5-3-1;/h4H,3,5H2,1-2H3;1-4H2;1H. The fourth-order valence-electron chi connectivity index (χ4n) is 0.510. The molecule has 0 unspecified atom stereocenters. The maximum Gasteiger partial charge on any atom is 0.0466 e. The van der Waals surface area contributed by atoms with Crippen LogP contribution in [-0.2, 0) is 4.74 Å². The van der Waals surface area contributed by atoms with Crippen LogP contribution in [0, 0.1) is 5.92 Å². The quantitative estimate of drug-likeness (QED) is 0.612. The minimum absolute atomic E-state index is 0. The average molecular weight is 147 g/mol. The molecule has 0 aromatic carbocycles. The van der Waals surface area contributed by atoms with Crippen LogP contribution in [0.1, 0.15) is 28.1 Å². The number of rotatable bonds is 1. The van der Waals surface area contributed by atoms with Crippen molar-refractivity contribution in [1.82, 2.24) is 0 Å². The average Bonchev–Trinajstić information content (AvgIpc) is 2.43. The molecule has 0 saturated carbocycles. The second kappa shape index (κ2) is 7.03. The number of nitrogens with two attached hydrogens (primary N) is 1. The molecule has 1 fully saturated rings. The first-order valence-corrected chi connectivity index (χ1v) is 4.05. The van der Waals surface area contributed by atoms with E-state index in [9.17, 15) is 0 Å². The predicted octanol–water partition coefficient (Wildman–Crippen LogP) is 1.64. The van der Waals surface area contributed by atoms with Crippen molar-refractivity contribution in [3.63, 3.8) is 0 Å². The molecule has 64 valence electrons. The molecular formula is C8H21NO. The first-order chi connectivity index (χ1) is 4.77. The van der Waals surface area contributed by atoms with Crippen LogP contribution in [0.3, 0.4) is 0 Å². The summed E-state index contributed by atoms with van der Waals surface area (Å²) in [6.07, 6.45) is 2.56. The molecule has 1 saturated heterocycles. The fraction of sp³-hybridized carbons (Fsp3) is 1.00. The Hall–Kier alpha value is -0.0800. The van der Waals surface area contributed by atoms with E-state index in [4.69, 9.17) is 10.5 Å². The Kier molecular flexibility index (Phi) is 6.98. The lowest BCUT2D eigenvalue weighted by Crippen LogP contribution is -2.05. The lowest BCUT2D eigenvalue weighted by Gasteiger charge is -1.91. The van der Waals surface area contributed by atoms with E-state index >= 15 is 0 Å². The SMILES string of the molecule is C1CCOC1.CC(C)CN.[HH]. The van der Waals surface area contributed by atoms with Crippen LogP contribution in [-0.4, -0.2) is 19.8 Å². The maximum atomic E-state index is 5.17. The molecule has 2 N–H and O–H groups in total. The van der Waals surface area contributed by atoms with Crippen LogP contribution < -0.4 is 5.73 Å². The Bertz CT molecular complexity index is 57.5. The largest absolute Gasteiger partial charge is 0.381 e. The van der Waals surface area contributed by atoms with Gasteiger partial charge >= 0.3 is 0 Å². The Morgan fingerprint density at radius 2 is 1.80 bits per heavy atom. The molecule has 0 aromatic heterocycles. The monoisotopic (exact) mass is 147 g/mol. The van der Waals surface area contributed by atoms with Crippen molar-refractivity contribution in [3.8, 4) is 0 Å². The number of hydrogen-bond acceptors (Lipinski definition) is 2. The normalized spacial score (nSPS) is 16.8. The third-order valence-electron chi connectivity index (χ3n) is 1.30. The summed E-state index contributed by atoms with van der Waals surface area (Å²) in [7, 11) is 0. The minimum Gasteiger partial charge on any atom is -0.381 e. The highest BCUT2D eigenvalue weighted by atomic mass is 16.5. The van der Waals surface area contributed by atoms with Gasteiger partial charge in [-0.15, -0.1) is 0 Å². The van der Waals surface area contributed by atoms with Gasteiger partial charge in [-0.2, -0.15) is 0 Å². The van der Waals surface area contributed by atoms with Crippen molar-refractivity contribution in [3.05, 3.63) is 0 Å². The highest BCUT2D eigenvalue weighted by molar-refractivity contribution is 4.43. The third-order valence-corrected chi connectivity index (χ3v) is 1.30. The zero-order valence-corrected chi connectivity index (χ0v) is 7.10. The summed E-state index contributed by atoms with van der Waals surface area (Å²) < 4.78 is 4.94. The lowest BCUT2D eigenvalue weighted by atomic mass is 10.2. The van der Waals surface area contributed by atoms with Gasteiger partial charge in [-0.05, 0) is 25.3 Å². The predicted molar refractivity (Wildman–Crippen MR) is 46.1 cm³/mol. The highest BCUT2D eigenvalue weighted by Gasteiger charge is 1.94. The van der Waals surface area contributed by atoms with Gasteiger partial charge < -0.3 is 10.5 Å². The Morgan fingerprint density at radius 1 is 1.40 bits per heavy atom. The van der Waals surface area contributed by atoms with E-state index in [0.29, 0.717) is 5.92 Å². The van der Waals surface area contributed by atoms with E-state index in [2.05, 4.69) is 13.8 Å². The van der Waals surface area contributed by atoms with E-state index in [-0.39, 0.29) is 1.43 Å². The van der Waals surface area contributed by atoms with Crippen molar-refractivity contribution in [2.45, 2.75) is 26.7 Å². The first-order valence-electron chi connectivity index (χ1n) is 4.05. The molecule has 0 radical (unpaired) electrons. The summed E-state index contributed by atoms with van der Waals surface area (Å²) >= 11 is 0. The molecule has 1 aliphatic heterocycles. The number of ether oxygens (including phenoxy) is 1. The van der Waals surface area contributed by atoms with E-state index < -0.39 is 0 Å². The van der Waals surface area contributed by atoms with Crippen molar-refractivity contribution in [1.29, 1.82) is 0 Å². The van der Waals surface area contributed by atoms with Crippen molar-refractivity contribution in [2.24, 2.45) is 11.7 Å². The van der Waals surface area contributed by atoms with Crippen molar-refractivity contribution in [2.75, 3.05) is 19.8 Å². The molecule has 1 aliphatic rings. The van der Waals surface area contributed by atoms with E-state index in [1.807, 2.05) is 0 Å². The summed E-state index contributed by atoms with van der Waals surface area (Å²) in [6, 6.07) is 0. The molecule has 0 aromatic rings. The van der Waals surface area contributed by atoms with Gasteiger partial charge in [0.15, 0.2) is 0 Å². The zero-order chi connectivity index (χ0) is 7.82. The molecule has 0 atom stereocenters. The summed E-state index contributed by atoms with van der Waals surface area (Å²) in [5.41, 5.74) is 5.17. The van der Waals surface area contributed by atoms with Crippen LogP contribution in [0.4, 0.5) is 0 Å². The lowest BCUT2D eigenvalue weighted by molar-refractivity contribution is 0.198. The van der Waals surface area contributed by atoms with Gasteiger partial charge in [0.1, 0.15) is 0 Å². The smallest absolute Gasteiger partial charge is 0.0466 e. The second-order valence-electron chi connectivity index (χ2n) is 2.95. The van der Waals surface area contributed by atoms with Crippen LogP contribution in [0.25, 0.3) is 0 Å². The van der Waals surface area contributed by atoms with Gasteiger partial charge in [-0.3, -0.25) is 0 Å². The zero-order valence-electron chi connectivity index (χ0n) is 7.10. The Balaban J connectivity index is 0. The van der Waals surface area contributed by atoms with Gasteiger partial charge in [0.05, 0.1) is 0 Å². The molecule has 1 heterocycles. The van der Waals surface area contributed by atoms with Crippen LogP contribution in [0.2, 0.25) is 0 Å². The van der Waals surface area contributed by atoms with Gasteiger partial charge in [0.2, 0.25) is 0 Å². The Morgan fingerprint density at radius 3 is 1.90 bits per heavy atom. The molecule has 2 nitrogen and oxygen atoms in total. The second-order valence-corrected chi connectivity index (χ2v) is 2.95. The van der Waals surface area contributed by atoms with Gasteiger partial charge in [-0.1, -0.05) is 13.8 Å². The first kappa shape index (κ1) is 9.92. The fourth-order valence-corrected chi connectivity index (χ4v) is 0.510. The summed E-state index contributed by atoms with van der Waals surface area (Å²) in [5, 5.41) is 0. The molecule has 0 spiro atoms. The van der Waals surface area contributed by atoms with E-state index in [0.717, 1.165) is 19.8 Å². The van der Waals surface area contributed by atoms with Gasteiger partial charge in [-0.25, -0.2) is 0 Å². The van der Waals surface area contributed by atoms with Gasteiger partial charge in [0, 0.05) is 14.6 Å². The molecule has 1 rings (SSSR count). The van der Waals surface area contributed by atoms with Crippen molar-refractivity contribution >= 4 is 0 Å². The molecule has 2 heteroatoms.